The Balaban J connectivity index is 1.91. The van der Waals surface area contributed by atoms with E-state index in [9.17, 15) is 5.11 Å². The van der Waals surface area contributed by atoms with E-state index in [2.05, 4.69) is 18.9 Å². The molecule has 0 aromatic heterocycles. The van der Waals surface area contributed by atoms with Gasteiger partial charge in [0, 0.05) is 12.6 Å². The standard InChI is InChI=1S/C15H23NO2/c1-11(12-4-5-12)16(2)10-15(17)13-6-8-14(18-3)9-7-13/h6-9,11-12,15,17H,4-5,10H2,1-3H3. The number of hydrogen-bond donors (Lipinski definition) is 1. The maximum Gasteiger partial charge on any atom is 0.118 e. The number of aliphatic hydroxyl groups excluding tert-OH is 1. The Morgan fingerprint density at radius 1 is 1.33 bits per heavy atom. The molecule has 1 aromatic rings. The molecule has 100 valence electrons. The molecule has 2 unspecified atom stereocenters. The van der Waals surface area contributed by atoms with Crippen LogP contribution in [-0.2, 0) is 0 Å². The first-order valence-electron chi connectivity index (χ1n) is 6.64. The zero-order valence-electron chi connectivity index (χ0n) is 11.5. The fourth-order valence-corrected chi connectivity index (χ4v) is 2.31. The Bertz CT molecular complexity index is 373. The number of hydrogen-bond acceptors (Lipinski definition) is 3. The van der Waals surface area contributed by atoms with Gasteiger partial charge < -0.3 is 14.7 Å². The molecule has 1 aliphatic rings. The van der Waals surface area contributed by atoms with E-state index in [1.165, 1.54) is 12.8 Å². The molecule has 0 bridgehead atoms. The van der Waals surface area contributed by atoms with Crippen LogP contribution in [0, 0.1) is 5.92 Å². The number of rotatable bonds is 6. The summed E-state index contributed by atoms with van der Waals surface area (Å²) in [6.07, 6.45) is 2.25. The number of methoxy groups -OCH3 is 1. The highest BCUT2D eigenvalue weighted by Crippen LogP contribution is 2.35. The van der Waals surface area contributed by atoms with Gasteiger partial charge in [0.15, 0.2) is 0 Å². The molecule has 0 aliphatic heterocycles. The first-order valence-corrected chi connectivity index (χ1v) is 6.64. The summed E-state index contributed by atoms with van der Waals surface area (Å²) in [6, 6.07) is 8.21. The normalized spacial score (nSPS) is 18.7. The maximum atomic E-state index is 10.2. The van der Waals surface area contributed by atoms with E-state index in [4.69, 9.17) is 4.74 Å². The van der Waals surface area contributed by atoms with Gasteiger partial charge in [-0.3, -0.25) is 0 Å². The van der Waals surface area contributed by atoms with Gasteiger partial charge in [0.1, 0.15) is 5.75 Å². The number of likely N-dealkylation sites (N-methyl/N-ethyl adjacent to an activating group) is 1. The lowest BCUT2D eigenvalue weighted by Crippen LogP contribution is -2.34. The van der Waals surface area contributed by atoms with E-state index in [1.54, 1.807) is 7.11 Å². The maximum absolute atomic E-state index is 10.2. The van der Waals surface area contributed by atoms with E-state index in [-0.39, 0.29) is 0 Å². The quantitative estimate of drug-likeness (QED) is 0.840. The molecule has 1 N–H and O–H groups in total. The van der Waals surface area contributed by atoms with Gasteiger partial charge in [-0.2, -0.15) is 0 Å². The largest absolute Gasteiger partial charge is 0.497 e. The third-order valence-corrected chi connectivity index (χ3v) is 3.96. The molecule has 1 aromatic carbocycles. The van der Waals surface area contributed by atoms with Crippen LogP contribution in [0.5, 0.6) is 5.75 Å². The molecule has 0 saturated heterocycles. The smallest absolute Gasteiger partial charge is 0.118 e. The zero-order chi connectivity index (χ0) is 13.1. The van der Waals surface area contributed by atoms with Crippen LogP contribution in [0.3, 0.4) is 0 Å². The highest BCUT2D eigenvalue weighted by atomic mass is 16.5. The molecule has 3 heteroatoms. The lowest BCUT2D eigenvalue weighted by molar-refractivity contribution is 0.102. The van der Waals surface area contributed by atoms with Crippen molar-refractivity contribution in [3.63, 3.8) is 0 Å². The SMILES string of the molecule is COc1ccc(C(O)CN(C)C(C)C2CC2)cc1. The molecule has 3 nitrogen and oxygen atoms in total. The second-order valence-corrected chi connectivity index (χ2v) is 5.31. The van der Waals surface area contributed by atoms with Gasteiger partial charge in [-0.25, -0.2) is 0 Å². The number of benzene rings is 1. The Morgan fingerprint density at radius 3 is 2.44 bits per heavy atom. The van der Waals surface area contributed by atoms with Crippen molar-refractivity contribution in [2.24, 2.45) is 5.92 Å². The lowest BCUT2D eigenvalue weighted by Gasteiger charge is -2.27. The van der Waals surface area contributed by atoms with Gasteiger partial charge in [0.25, 0.3) is 0 Å². The van der Waals surface area contributed by atoms with Gasteiger partial charge in [-0.1, -0.05) is 12.1 Å². The number of ether oxygens (including phenoxy) is 1. The molecule has 1 aliphatic carbocycles. The van der Waals surface area contributed by atoms with Crippen molar-refractivity contribution in [1.82, 2.24) is 4.90 Å². The molecular formula is C15H23NO2. The van der Waals surface area contributed by atoms with Crippen LogP contribution in [0.4, 0.5) is 0 Å². The summed E-state index contributed by atoms with van der Waals surface area (Å²) in [6.45, 7) is 2.93. The zero-order valence-corrected chi connectivity index (χ0v) is 11.5. The van der Waals surface area contributed by atoms with Crippen molar-refractivity contribution in [1.29, 1.82) is 0 Å². The summed E-state index contributed by atoms with van der Waals surface area (Å²) in [5.74, 6) is 1.66. The van der Waals surface area contributed by atoms with E-state index < -0.39 is 6.10 Å². The molecule has 1 fully saturated rings. The monoisotopic (exact) mass is 249 g/mol. The van der Waals surface area contributed by atoms with Gasteiger partial charge in [0.05, 0.1) is 13.2 Å². The van der Waals surface area contributed by atoms with Gasteiger partial charge >= 0.3 is 0 Å². The minimum atomic E-state index is -0.429. The molecule has 0 heterocycles. The first-order chi connectivity index (χ1) is 8.61. The molecule has 1 saturated carbocycles. The highest BCUT2D eigenvalue weighted by Gasteiger charge is 2.31. The molecule has 0 spiro atoms. The van der Waals surface area contributed by atoms with E-state index in [1.807, 2.05) is 24.3 Å². The van der Waals surface area contributed by atoms with Crippen molar-refractivity contribution >= 4 is 0 Å². The summed E-state index contributed by atoms with van der Waals surface area (Å²) >= 11 is 0. The number of nitrogens with zero attached hydrogens (tertiary/aromatic N) is 1. The minimum absolute atomic E-state index is 0.429. The fourth-order valence-electron chi connectivity index (χ4n) is 2.31. The molecule has 0 radical (unpaired) electrons. The Hall–Kier alpha value is -1.06. The van der Waals surface area contributed by atoms with E-state index in [0.717, 1.165) is 17.2 Å². The fraction of sp³-hybridized carbons (Fsp3) is 0.600. The molecule has 18 heavy (non-hydrogen) atoms. The summed E-state index contributed by atoms with van der Waals surface area (Å²) in [5.41, 5.74) is 0.950. The van der Waals surface area contributed by atoms with Crippen LogP contribution in [0.2, 0.25) is 0 Å². The third-order valence-electron chi connectivity index (χ3n) is 3.96. The average Bonchev–Trinajstić information content (AvgIpc) is 3.22. The van der Waals surface area contributed by atoms with Gasteiger partial charge in [-0.15, -0.1) is 0 Å². The Morgan fingerprint density at radius 2 is 1.94 bits per heavy atom. The lowest BCUT2D eigenvalue weighted by atomic mass is 10.1. The van der Waals surface area contributed by atoms with Crippen molar-refractivity contribution in [3.8, 4) is 5.75 Å². The average molecular weight is 249 g/mol. The van der Waals surface area contributed by atoms with Crippen LogP contribution >= 0.6 is 0 Å². The Labute approximate surface area is 109 Å². The summed E-state index contributed by atoms with van der Waals surface area (Å²) in [7, 11) is 3.74. The highest BCUT2D eigenvalue weighted by molar-refractivity contribution is 5.28. The predicted molar refractivity (Wildman–Crippen MR) is 72.8 cm³/mol. The molecule has 2 atom stereocenters. The van der Waals surface area contributed by atoms with Crippen LogP contribution in [-0.4, -0.2) is 36.8 Å². The molecule has 0 amide bonds. The van der Waals surface area contributed by atoms with Crippen LogP contribution in [0.25, 0.3) is 0 Å². The summed E-state index contributed by atoms with van der Waals surface area (Å²) in [5, 5.41) is 10.2. The van der Waals surface area contributed by atoms with Crippen molar-refractivity contribution in [2.45, 2.75) is 31.9 Å². The van der Waals surface area contributed by atoms with Gasteiger partial charge in [-0.05, 0) is 50.4 Å². The third kappa shape index (κ3) is 3.24. The topological polar surface area (TPSA) is 32.7 Å². The van der Waals surface area contributed by atoms with Crippen molar-refractivity contribution in [3.05, 3.63) is 29.8 Å². The molecular weight excluding hydrogens is 226 g/mol. The van der Waals surface area contributed by atoms with Crippen molar-refractivity contribution < 1.29 is 9.84 Å². The van der Waals surface area contributed by atoms with E-state index >= 15 is 0 Å². The minimum Gasteiger partial charge on any atom is -0.497 e. The van der Waals surface area contributed by atoms with Crippen LogP contribution < -0.4 is 4.74 Å². The second-order valence-electron chi connectivity index (χ2n) is 5.31. The summed E-state index contributed by atoms with van der Waals surface area (Å²) < 4.78 is 5.12. The van der Waals surface area contributed by atoms with Crippen molar-refractivity contribution in [2.75, 3.05) is 20.7 Å². The summed E-state index contributed by atoms with van der Waals surface area (Å²) in [4.78, 5) is 2.26. The predicted octanol–water partition coefficient (Wildman–Crippen LogP) is 2.46. The first kappa shape index (κ1) is 13.4. The molecule has 2 rings (SSSR count). The Kier molecular flexibility index (Phi) is 4.25. The van der Waals surface area contributed by atoms with Crippen LogP contribution in [0.1, 0.15) is 31.4 Å². The van der Waals surface area contributed by atoms with E-state index in [0.29, 0.717) is 12.6 Å². The second kappa shape index (κ2) is 5.72. The van der Waals surface area contributed by atoms with Crippen LogP contribution in [0.15, 0.2) is 24.3 Å². The van der Waals surface area contributed by atoms with Gasteiger partial charge in [0.2, 0.25) is 0 Å². The number of aliphatic hydroxyl groups is 1.